The molecule has 0 saturated heterocycles. The minimum Gasteiger partial charge on any atom is -0.332 e. The zero-order valence-corrected chi connectivity index (χ0v) is 16.7. The summed E-state index contributed by atoms with van der Waals surface area (Å²) >= 11 is 5.95. The van der Waals surface area contributed by atoms with Gasteiger partial charge in [0.15, 0.2) is 17.2 Å². The number of carbonyl (C=O) groups excluding carboxylic acids is 1. The van der Waals surface area contributed by atoms with Crippen molar-refractivity contribution in [1.29, 1.82) is 0 Å². The van der Waals surface area contributed by atoms with E-state index in [2.05, 4.69) is 25.8 Å². The molecule has 0 fully saturated rings. The van der Waals surface area contributed by atoms with Crippen LogP contribution in [0.1, 0.15) is 11.4 Å². The molecule has 2 N–H and O–H groups in total. The van der Waals surface area contributed by atoms with E-state index in [0.717, 1.165) is 10.7 Å². The van der Waals surface area contributed by atoms with Gasteiger partial charge in [0.05, 0.1) is 23.3 Å². The highest BCUT2D eigenvalue weighted by molar-refractivity contribution is 6.30. The molecule has 4 rings (SSSR count). The van der Waals surface area contributed by atoms with Gasteiger partial charge in [-0.3, -0.25) is 5.32 Å². The third-order valence-electron chi connectivity index (χ3n) is 4.39. The number of rotatable bonds is 4. The smallest absolute Gasteiger partial charge is 0.332 e. The number of benzene rings is 1. The topological polar surface area (TPSA) is 89.7 Å². The second-order valence-electron chi connectivity index (χ2n) is 6.56. The average Bonchev–Trinajstić information content (AvgIpc) is 3.29. The molecule has 0 aliphatic carbocycles. The van der Waals surface area contributed by atoms with Crippen molar-refractivity contribution < 1.29 is 18.0 Å². The van der Waals surface area contributed by atoms with Gasteiger partial charge in [-0.2, -0.15) is 23.4 Å². The number of alkyl halides is 3. The Labute approximate surface area is 178 Å². The molecule has 1 aromatic carbocycles. The summed E-state index contributed by atoms with van der Waals surface area (Å²) in [7, 11) is 1.68. The number of pyridine rings is 1. The van der Waals surface area contributed by atoms with Crippen LogP contribution < -0.4 is 10.6 Å². The summed E-state index contributed by atoms with van der Waals surface area (Å²) in [4.78, 5) is 16.6. The van der Waals surface area contributed by atoms with Crippen LogP contribution in [-0.4, -0.2) is 30.6 Å². The Bertz CT molecular complexity index is 1270. The van der Waals surface area contributed by atoms with Gasteiger partial charge in [-0.25, -0.2) is 19.1 Å². The zero-order chi connectivity index (χ0) is 22.2. The highest BCUT2D eigenvalue weighted by Crippen LogP contribution is 2.30. The summed E-state index contributed by atoms with van der Waals surface area (Å²) < 4.78 is 42.2. The van der Waals surface area contributed by atoms with Crippen LogP contribution in [0.5, 0.6) is 0 Å². The monoisotopic (exact) mass is 449 g/mol. The SMILES string of the molecule is Cn1nc(NC(=O)NCc2cc(C(F)(F)F)nn2-c2cccc(Cl)c2)c2cccnc21. The Morgan fingerprint density at radius 3 is 2.71 bits per heavy atom. The second-order valence-corrected chi connectivity index (χ2v) is 7.00. The number of amides is 2. The van der Waals surface area contributed by atoms with Crippen molar-refractivity contribution >= 4 is 34.5 Å². The van der Waals surface area contributed by atoms with E-state index >= 15 is 0 Å². The number of aromatic nitrogens is 5. The zero-order valence-electron chi connectivity index (χ0n) is 16.0. The molecule has 0 atom stereocenters. The van der Waals surface area contributed by atoms with Crippen molar-refractivity contribution in [2.24, 2.45) is 7.05 Å². The molecular formula is C19H15ClF3N7O. The number of aryl methyl sites for hydroxylation is 1. The lowest BCUT2D eigenvalue weighted by atomic mass is 10.3. The maximum atomic E-state index is 13.2. The van der Waals surface area contributed by atoms with E-state index in [0.29, 0.717) is 21.7 Å². The maximum Gasteiger partial charge on any atom is 0.435 e. The molecule has 0 unspecified atom stereocenters. The van der Waals surface area contributed by atoms with Crippen molar-refractivity contribution in [2.45, 2.75) is 12.7 Å². The van der Waals surface area contributed by atoms with Crippen molar-refractivity contribution in [1.82, 2.24) is 29.9 Å². The predicted octanol–water partition coefficient (Wildman–Crippen LogP) is 4.15. The third kappa shape index (κ3) is 4.31. The maximum absolute atomic E-state index is 13.2. The average molecular weight is 450 g/mol. The first kappa shape index (κ1) is 20.7. The van der Waals surface area contributed by atoms with Gasteiger partial charge in [0.25, 0.3) is 0 Å². The van der Waals surface area contributed by atoms with Gasteiger partial charge in [-0.15, -0.1) is 0 Å². The Morgan fingerprint density at radius 2 is 1.97 bits per heavy atom. The van der Waals surface area contributed by atoms with Crippen LogP contribution in [0.3, 0.4) is 0 Å². The van der Waals surface area contributed by atoms with Gasteiger partial charge in [0.1, 0.15) is 0 Å². The molecule has 0 radical (unpaired) electrons. The Morgan fingerprint density at radius 1 is 1.16 bits per heavy atom. The minimum atomic E-state index is -4.64. The fraction of sp³-hybridized carbons (Fsp3) is 0.158. The van der Waals surface area contributed by atoms with Crippen molar-refractivity contribution in [3.05, 3.63) is 65.1 Å². The Kier molecular flexibility index (Phi) is 5.27. The molecule has 2 amide bonds. The molecule has 31 heavy (non-hydrogen) atoms. The first-order chi connectivity index (χ1) is 14.7. The van der Waals surface area contributed by atoms with Gasteiger partial charge in [0.2, 0.25) is 0 Å². The van der Waals surface area contributed by atoms with Crippen LogP contribution in [0.2, 0.25) is 5.02 Å². The van der Waals surface area contributed by atoms with Crippen LogP contribution >= 0.6 is 11.6 Å². The quantitative estimate of drug-likeness (QED) is 0.490. The van der Waals surface area contributed by atoms with Gasteiger partial charge in [-0.05, 0) is 36.4 Å². The van der Waals surface area contributed by atoms with Crippen LogP contribution in [0.15, 0.2) is 48.7 Å². The number of fused-ring (bicyclic) bond motifs is 1. The molecule has 3 aromatic heterocycles. The molecule has 0 spiro atoms. The summed E-state index contributed by atoms with van der Waals surface area (Å²) in [6.45, 7) is -0.218. The van der Waals surface area contributed by atoms with E-state index in [9.17, 15) is 18.0 Å². The lowest BCUT2D eigenvalue weighted by Crippen LogP contribution is -2.29. The number of nitrogens with zero attached hydrogens (tertiary/aromatic N) is 5. The van der Waals surface area contributed by atoms with Gasteiger partial charge in [-0.1, -0.05) is 17.7 Å². The molecule has 0 aliphatic heterocycles. The predicted molar refractivity (Wildman–Crippen MR) is 108 cm³/mol. The summed E-state index contributed by atoms with van der Waals surface area (Å²) in [6.07, 6.45) is -3.04. The Balaban J connectivity index is 1.56. The second kappa shape index (κ2) is 7.91. The van der Waals surface area contributed by atoms with E-state index < -0.39 is 17.9 Å². The largest absolute Gasteiger partial charge is 0.435 e. The number of anilines is 1. The van der Waals surface area contributed by atoms with E-state index in [4.69, 9.17) is 11.6 Å². The Hall–Kier alpha value is -3.60. The molecular weight excluding hydrogens is 435 g/mol. The standard InChI is InChI=1S/C19H15ClF3N7O/c1-29-17-14(6-3-7-24-17)16(28-29)26-18(31)25-10-13-9-15(19(21,22)23)27-30(13)12-5-2-4-11(20)8-12/h2-9H,10H2,1H3,(H2,25,26,28,31). The molecule has 3 heterocycles. The number of urea groups is 1. The first-order valence-electron chi connectivity index (χ1n) is 8.97. The molecule has 4 aromatic rings. The van der Waals surface area contributed by atoms with E-state index in [1.165, 1.54) is 10.7 Å². The minimum absolute atomic E-state index is 0.122. The van der Waals surface area contributed by atoms with E-state index in [1.807, 2.05) is 0 Å². The fourth-order valence-corrected chi connectivity index (χ4v) is 3.21. The highest BCUT2D eigenvalue weighted by atomic mass is 35.5. The van der Waals surface area contributed by atoms with Gasteiger partial charge >= 0.3 is 12.2 Å². The van der Waals surface area contributed by atoms with Gasteiger partial charge in [0, 0.05) is 18.3 Å². The summed E-state index contributed by atoms with van der Waals surface area (Å²) in [5.41, 5.74) is -0.0441. The third-order valence-corrected chi connectivity index (χ3v) is 4.62. The summed E-state index contributed by atoms with van der Waals surface area (Å²) in [6, 6.07) is 9.91. The number of hydrogen-bond donors (Lipinski definition) is 2. The highest BCUT2D eigenvalue weighted by Gasteiger charge is 2.35. The van der Waals surface area contributed by atoms with E-state index in [1.54, 1.807) is 43.6 Å². The van der Waals surface area contributed by atoms with Gasteiger partial charge < -0.3 is 5.32 Å². The molecule has 0 saturated carbocycles. The summed E-state index contributed by atoms with van der Waals surface area (Å²) in [5.74, 6) is 0.280. The number of carbonyl (C=O) groups is 1. The van der Waals surface area contributed by atoms with Crippen LogP contribution in [-0.2, 0) is 19.8 Å². The van der Waals surface area contributed by atoms with Crippen LogP contribution in [0.25, 0.3) is 16.7 Å². The lowest BCUT2D eigenvalue weighted by molar-refractivity contribution is -0.141. The normalized spacial score (nSPS) is 11.6. The molecule has 8 nitrogen and oxygen atoms in total. The van der Waals surface area contributed by atoms with Crippen molar-refractivity contribution in [3.8, 4) is 5.69 Å². The molecule has 160 valence electrons. The molecule has 0 aliphatic rings. The van der Waals surface area contributed by atoms with Crippen molar-refractivity contribution in [3.63, 3.8) is 0 Å². The van der Waals surface area contributed by atoms with Crippen LogP contribution in [0, 0.1) is 0 Å². The number of halogens is 4. The van der Waals surface area contributed by atoms with Crippen molar-refractivity contribution in [2.75, 3.05) is 5.32 Å². The number of hydrogen-bond acceptors (Lipinski definition) is 4. The number of nitrogens with one attached hydrogen (secondary N) is 2. The molecule has 0 bridgehead atoms. The van der Waals surface area contributed by atoms with Crippen LogP contribution in [0.4, 0.5) is 23.8 Å². The summed E-state index contributed by atoms with van der Waals surface area (Å²) in [5, 5.41) is 13.9. The molecule has 12 heteroatoms. The first-order valence-corrected chi connectivity index (χ1v) is 9.35. The van der Waals surface area contributed by atoms with E-state index in [-0.39, 0.29) is 18.1 Å². The lowest BCUT2D eigenvalue weighted by Gasteiger charge is -2.09. The fourth-order valence-electron chi connectivity index (χ4n) is 3.02.